The Balaban J connectivity index is 1.54. The first kappa shape index (κ1) is 30.7. The van der Waals surface area contributed by atoms with Crippen LogP contribution < -0.4 is 21.3 Å². The average molecular weight is 628 g/mol. The smallest absolute Gasteiger partial charge is 0.273 e. The van der Waals surface area contributed by atoms with Crippen molar-refractivity contribution in [2.24, 2.45) is 0 Å². The van der Waals surface area contributed by atoms with Gasteiger partial charge in [-0.3, -0.25) is 19.3 Å². The highest BCUT2D eigenvalue weighted by Gasteiger charge is 2.37. The van der Waals surface area contributed by atoms with Crippen molar-refractivity contribution in [3.05, 3.63) is 69.4 Å². The van der Waals surface area contributed by atoms with E-state index in [0.717, 1.165) is 81.8 Å². The molecule has 12 heteroatoms. The van der Waals surface area contributed by atoms with Crippen LogP contribution in [0.3, 0.4) is 0 Å². The minimum absolute atomic E-state index is 0.0155. The van der Waals surface area contributed by atoms with Crippen LogP contribution in [0.1, 0.15) is 96.0 Å². The summed E-state index contributed by atoms with van der Waals surface area (Å²) in [6.07, 6.45) is 9.59. The molecule has 2 aliphatic rings. The largest absolute Gasteiger partial charge is 0.508 e. The van der Waals surface area contributed by atoms with Gasteiger partial charge >= 0.3 is 0 Å². The predicted molar refractivity (Wildman–Crippen MR) is 165 cm³/mol. The minimum atomic E-state index is -1.24. The van der Waals surface area contributed by atoms with Gasteiger partial charge in [0.25, 0.3) is 11.8 Å². The van der Waals surface area contributed by atoms with Crippen LogP contribution in [-0.4, -0.2) is 39.3 Å². The fraction of sp³-hybridized carbons (Fsp3) is 0.419. The van der Waals surface area contributed by atoms with E-state index in [9.17, 15) is 23.9 Å². The molecule has 0 spiro atoms. The number of nitrogens with one attached hydrogen (secondary N) is 2. The van der Waals surface area contributed by atoms with Crippen LogP contribution in [0, 0.1) is 5.82 Å². The molecule has 43 heavy (non-hydrogen) atoms. The lowest BCUT2D eigenvalue weighted by atomic mass is 9.94. The van der Waals surface area contributed by atoms with Gasteiger partial charge in [-0.05, 0) is 73.1 Å². The Hall–Kier alpha value is -3.70. The van der Waals surface area contributed by atoms with E-state index in [1.165, 1.54) is 29.2 Å². The number of carbonyl (C=O) groups excluding carboxylic acids is 3. The van der Waals surface area contributed by atoms with Crippen LogP contribution in [0.4, 0.5) is 15.8 Å². The summed E-state index contributed by atoms with van der Waals surface area (Å²) in [6, 6.07) is 8.38. The van der Waals surface area contributed by atoms with Gasteiger partial charge < -0.3 is 21.5 Å². The number of hydrogen-bond donors (Lipinski definition) is 4. The number of nitrogens with two attached hydrogens (primary N) is 1. The van der Waals surface area contributed by atoms with E-state index in [-0.39, 0.29) is 44.8 Å². The Morgan fingerprint density at radius 1 is 0.953 bits per heavy atom. The van der Waals surface area contributed by atoms with Crippen molar-refractivity contribution in [2.45, 2.75) is 82.3 Å². The van der Waals surface area contributed by atoms with Crippen LogP contribution in [0.5, 0.6) is 5.75 Å². The zero-order chi connectivity index (χ0) is 30.5. The standard InChI is InChI=1S/C31H35ClFN5O4S/c32-23-17-21(13-16-24(23)33)38(27(18-11-14-22(39)15-12-18)30(41)36-20-9-5-2-6-10-20)31(42)28-25(34)26(37-43-28)29(40)35-19-7-3-1-4-8-19/h11-17,19-20,27,39H,1-10,34H2,(H,35,40)(H,36,41)/t27-/m1/s1. The van der Waals surface area contributed by atoms with Crippen LogP contribution in [0.25, 0.3) is 0 Å². The van der Waals surface area contributed by atoms with Crippen LogP contribution in [0.2, 0.25) is 5.02 Å². The molecule has 0 saturated heterocycles. The summed E-state index contributed by atoms with van der Waals surface area (Å²) in [5, 5.41) is 15.8. The van der Waals surface area contributed by atoms with Gasteiger partial charge in [0.1, 0.15) is 22.5 Å². The zero-order valence-corrected chi connectivity index (χ0v) is 25.2. The molecule has 0 unspecified atom stereocenters. The van der Waals surface area contributed by atoms with E-state index in [1.54, 1.807) is 12.1 Å². The van der Waals surface area contributed by atoms with Gasteiger partial charge in [0.15, 0.2) is 5.69 Å². The maximum Gasteiger partial charge on any atom is 0.273 e. The second-order valence-corrected chi connectivity index (χ2v) is 12.4. The third-order valence-electron chi connectivity index (χ3n) is 8.14. The van der Waals surface area contributed by atoms with Crippen molar-refractivity contribution >= 4 is 52.2 Å². The molecule has 2 saturated carbocycles. The van der Waals surface area contributed by atoms with Crippen LogP contribution >= 0.6 is 23.1 Å². The van der Waals surface area contributed by atoms with Gasteiger partial charge in [-0.25, -0.2) is 4.39 Å². The minimum Gasteiger partial charge on any atom is -0.508 e. The highest BCUT2D eigenvalue weighted by Crippen LogP contribution is 2.36. The Morgan fingerprint density at radius 2 is 1.56 bits per heavy atom. The van der Waals surface area contributed by atoms with Gasteiger partial charge in [-0.2, -0.15) is 4.37 Å². The molecule has 2 aliphatic carbocycles. The molecule has 3 amide bonds. The zero-order valence-electron chi connectivity index (χ0n) is 23.7. The molecule has 1 atom stereocenters. The summed E-state index contributed by atoms with van der Waals surface area (Å²) in [6.45, 7) is 0. The van der Waals surface area contributed by atoms with E-state index in [0.29, 0.717) is 5.56 Å². The molecular formula is C31H35ClFN5O4S. The number of phenolic OH excluding ortho intramolecular Hbond substituents is 1. The molecule has 0 bridgehead atoms. The third-order valence-corrected chi connectivity index (χ3v) is 9.29. The van der Waals surface area contributed by atoms with E-state index in [2.05, 4.69) is 15.0 Å². The van der Waals surface area contributed by atoms with E-state index in [4.69, 9.17) is 17.3 Å². The van der Waals surface area contributed by atoms with Gasteiger partial charge in [0.05, 0.1) is 10.7 Å². The number of aromatic nitrogens is 1. The number of halogens is 2. The first-order valence-corrected chi connectivity index (χ1v) is 15.8. The first-order chi connectivity index (χ1) is 20.7. The van der Waals surface area contributed by atoms with Crippen molar-refractivity contribution in [3.8, 4) is 5.75 Å². The molecule has 1 aromatic heterocycles. The number of benzene rings is 2. The maximum absolute atomic E-state index is 14.4. The lowest BCUT2D eigenvalue weighted by Gasteiger charge is -2.33. The lowest BCUT2D eigenvalue weighted by Crippen LogP contribution is -2.47. The highest BCUT2D eigenvalue weighted by molar-refractivity contribution is 7.09. The molecule has 5 rings (SSSR count). The summed E-state index contributed by atoms with van der Waals surface area (Å²) >= 11 is 6.91. The van der Waals surface area contributed by atoms with Crippen molar-refractivity contribution < 1.29 is 23.9 Å². The number of hydrogen-bond acceptors (Lipinski definition) is 7. The average Bonchev–Trinajstić information content (AvgIpc) is 3.40. The number of carbonyl (C=O) groups is 3. The molecule has 2 fully saturated rings. The monoisotopic (exact) mass is 627 g/mol. The summed E-state index contributed by atoms with van der Waals surface area (Å²) in [7, 11) is 0. The Bertz CT molecular complexity index is 1470. The summed E-state index contributed by atoms with van der Waals surface area (Å²) < 4.78 is 18.5. The molecular weight excluding hydrogens is 593 g/mol. The number of nitrogens with zero attached hydrogens (tertiary/aromatic N) is 2. The molecule has 0 radical (unpaired) electrons. The van der Waals surface area contributed by atoms with Crippen molar-refractivity contribution in [3.63, 3.8) is 0 Å². The number of nitrogen functional groups attached to an aromatic ring is 1. The highest BCUT2D eigenvalue weighted by atomic mass is 35.5. The Morgan fingerprint density at radius 3 is 2.16 bits per heavy atom. The molecule has 5 N–H and O–H groups in total. The Labute approximate surface area is 258 Å². The van der Waals surface area contributed by atoms with Crippen molar-refractivity contribution in [1.82, 2.24) is 15.0 Å². The summed E-state index contributed by atoms with van der Waals surface area (Å²) in [5.41, 5.74) is 6.78. The fourth-order valence-electron chi connectivity index (χ4n) is 5.85. The SMILES string of the molecule is Nc1c(C(=O)NC2CCCCC2)nsc1C(=O)N(c1ccc(F)c(Cl)c1)[C@@H](C(=O)NC1CCCCC1)c1ccc(O)cc1. The van der Waals surface area contributed by atoms with Gasteiger partial charge in [-0.15, -0.1) is 0 Å². The number of amides is 3. The van der Waals surface area contributed by atoms with Crippen LogP contribution in [-0.2, 0) is 4.79 Å². The maximum atomic E-state index is 14.4. The van der Waals surface area contributed by atoms with E-state index < -0.39 is 29.6 Å². The van der Waals surface area contributed by atoms with Gasteiger partial charge in [-0.1, -0.05) is 62.3 Å². The molecule has 228 valence electrons. The fourth-order valence-corrected chi connectivity index (χ4v) is 6.76. The third kappa shape index (κ3) is 7.10. The summed E-state index contributed by atoms with van der Waals surface area (Å²) in [4.78, 5) is 42.7. The molecule has 2 aromatic carbocycles. The topological polar surface area (TPSA) is 138 Å². The van der Waals surface area contributed by atoms with E-state index in [1.807, 2.05) is 0 Å². The molecule has 1 heterocycles. The second kappa shape index (κ2) is 13.7. The first-order valence-electron chi connectivity index (χ1n) is 14.7. The van der Waals surface area contributed by atoms with Crippen molar-refractivity contribution in [2.75, 3.05) is 10.6 Å². The second-order valence-electron chi connectivity index (χ2n) is 11.2. The number of rotatable bonds is 8. The van der Waals surface area contributed by atoms with Crippen LogP contribution in [0.15, 0.2) is 42.5 Å². The summed E-state index contributed by atoms with van der Waals surface area (Å²) in [5.74, 6) is -2.32. The molecule has 3 aromatic rings. The number of anilines is 2. The van der Waals surface area contributed by atoms with Crippen molar-refractivity contribution in [1.29, 1.82) is 0 Å². The molecule has 0 aliphatic heterocycles. The van der Waals surface area contributed by atoms with Gasteiger partial charge in [0.2, 0.25) is 5.91 Å². The normalized spacial score (nSPS) is 16.8. The quantitative estimate of drug-likeness (QED) is 0.237. The van der Waals surface area contributed by atoms with Gasteiger partial charge in [0, 0.05) is 17.8 Å². The Kier molecular flexibility index (Phi) is 9.82. The molecule has 9 nitrogen and oxygen atoms in total. The predicted octanol–water partition coefficient (Wildman–Crippen LogP) is 6.12. The number of aromatic hydroxyl groups is 1. The lowest BCUT2D eigenvalue weighted by molar-refractivity contribution is -0.123. The number of phenols is 1. The van der Waals surface area contributed by atoms with E-state index >= 15 is 0 Å².